The molecular weight excluding hydrogens is 1050 g/mol. The van der Waals surface area contributed by atoms with E-state index in [0.29, 0.717) is 17.0 Å². The molecule has 0 N–H and O–H groups in total. The molecule has 1 aliphatic carbocycles. The zero-order chi connectivity index (χ0) is 45.5. The van der Waals surface area contributed by atoms with Gasteiger partial charge in [-0.2, -0.15) is 0 Å². The number of aromatic nitrogens is 4. The van der Waals surface area contributed by atoms with Gasteiger partial charge in [-0.15, -0.1) is 18.2 Å². The predicted octanol–water partition coefficient (Wildman–Crippen LogP) is 15.5. The van der Waals surface area contributed by atoms with Crippen molar-refractivity contribution < 1.29 is 24.5 Å². The van der Waals surface area contributed by atoms with Crippen LogP contribution in [0.3, 0.4) is 0 Å². The smallest absolute Gasteiger partial charge is 0.216 e. The number of pyridine rings is 2. The quantitative estimate of drug-likeness (QED) is 0.118. The zero-order valence-corrected chi connectivity index (χ0v) is 44.5. The number of imidazole rings is 1. The van der Waals surface area contributed by atoms with Gasteiger partial charge in [0, 0.05) is 48.4 Å². The van der Waals surface area contributed by atoms with Gasteiger partial charge in [0.15, 0.2) is 0 Å². The fraction of sp³-hybridized carbons (Fsp3) is 0.305. The molecule has 66 heavy (non-hydrogen) atoms. The molecular formula is C59H62GeIrN4O-2. The molecule has 4 aromatic heterocycles. The van der Waals surface area contributed by atoms with Gasteiger partial charge in [-0.3, -0.25) is 4.98 Å². The number of para-hydroxylation sites is 2. The summed E-state index contributed by atoms with van der Waals surface area (Å²) in [4.78, 5) is 15.0. The van der Waals surface area contributed by atoms with E-state index in [1.807, 2.05) is 30.3 Å². The van der Waals surface area contributed by atoms with Gasteiger partial charge in [-0.25, -0.2) is 4.98 Å². The number of hydrogen-bond donors (Lipinski definition) is 0. The van der Waals surface area contributed by atoms with Gasteiger partial charge in [0.1, 0.15) is 0 Å². The number of rotatable bonds is 7. The minimum absolute atomic E-state index is 0. The fourth-order valence-corrected chi connectivity index (χ4v) is 12.8. The molecule has 0 spiro atoms. The maximum Gasteiger partial charge on any atom is 0.216 e. The first kappa shape index (κ1) is 47.4. The van der Waals surface area contributed by atoms with Crippen molar-refractivity contribution in [2.75, 3.05) is 0 Å². The molecule has 5 nitrogen and oxygen atoms in total. The van der Waals surface area contributed by atoms with E-state index in [-0.39, 0.29) is 25.5 Å². The van der Waals surface area contributed by atoms with Gasteiger partial charge in [-0.05, 0) is 65.8 Å². The molecule has 0 aliphatic heterocycles. The second-order valence-corrected chi connectivity index (χ2v) is 31.8. The molecule has 9 aromatic rings. The second-order valence-electron chi connectivity index (χ2n) is 21.2. The van der Waals surface area contributed by atoms with Crippen LogP contribution in [0.5, 0.6) is 0 Å². The van der Waals surface area contributed by atoms with E-state index < -0.39 is 13.3 Å². The van der Waals surface area contributed by atoms with Crippen LogP contribution < -0.4 is 4.40 Å². The van der Waals surface area contributed by atoms with Gasteiger partial charge in [0.05, 0.1) is 22.4 Å². The topological polar surface area (TPSA) is 56.7 Å². The summed E-state index contributed by atoms with van der Waals surface area (Å²) in [5, 5.41) is 2.08. The van der Waals surface area contributed by atoms with Crippen molar-refractivity contribution in [2.45, 2.75) is 109 Å². The van der Waals surface area contributed by atoms with Gasteiger partial charge < -0.3 is 8.98 Å². The van der Waals surface area contributed by atoms with Crippen LogP contribution in [0, 0.1) is 17.5 Å². The third kappa shape index (κ3) is 10.1. The minimum atomic E-state index is -1.90. The van der Waals surface area contributed by atoms with Gasteiger partial charge >= 0.3 is 132 Å². The fourth-order valence-electron chi connectivity index (χ4n) is 9.50. The van der Waals surface area contributed by atoms with E-state index in [1.165, 1.54) is 53.2 Å². The number of nitrogens with zero attached hydrogens (tertiary/aromatic N) is 4. The van der Waals surface area contributed by atoms with E-state index in [2.05, 4.69) is 179 Å². The Hall–Kier alpha value is -5.14. The molecule has 339 valence electrons. The van der Waals surface area contributed by atoms with Crippen LogP contribution in [0.4, 0.5) is 0 Å². The van der Waals surface area contributed by atoms with Crippen molar-refractivity contribution in [2.24, 2.45) is 5.41 Å². The summed E-state index contributed by atoms with van der Waals surface area (Å²) < 4.78 is 10.5. The first-order chi connectivity index (χ1) is 31.1. The summed E-state index contributed by atoms with van der Waals surface area (Å²) in [6.45, 7) is 13.7. The first-order valence-electron chi connectivity index (χ1n) is 23.5. The molecule has 0 amide bonds. The van der Waals surface area contributed by atoms with Crippen molar-refractivity contribution in [3.8, 4) is 39.5 Å². The molecule has 4 heterocycles. The maximum absolute atomic E-state index is 6.64. The van der Waals surface area contributed by atoms with Gasteiger partial charge in [0.2, 0.25) is 5.71 Å². The third-order valence-electron chi connectivity index (χ3n) is 12.8. The summed E-state index contributed by atoms with van der Waals surface area (Å²) in [6, 6.07) is 51.5. The van der Waals surface area contributed by atoms with Crippen molar-refractivity contribution in [3.63, 3.8) is 0 Å². The Labute approximate surface area is 408 Å². The Morgan fingerprint density at radius 1 is 0.727 bits per heavy atom. The maximum atomic E-state index is 6.64. The number of benzene rings is 5. The van der Waals surface area contributed by atoms with Crippen LogP contribution in [0.15, 0.2) is 138 Å². The van der Waals surface area contributed by atoms with Crippen molar-refractivity contribution in [1.29, 1.82) is 0 Å². The van der Waals surface area contributed by atoms with Crippen LogP contribution in [-0.4, -0.2) is 32.8 Å². The molecule has 1 radical (unpaired) electrons. The van der Waals surface area contributed by atoms with Gasteiger partial charge in [0.25, 0.3) is 0 Å². The number of hydrogen-bond acceptors (Lipinski definition) is 4. The molecule has 7 heteroatoms. The SMILES string of the molecule is CC(C)(C)Cc1cc(-c2[c-]cccc2)nc[c]1[Ge]([CH3])([CH3])[CH3].CC(C)(C)c1ccc(-n2c(-c3[c-]ccc4c3oc3nc(C5CCCCC5)ccc34)nc3ccccc32)c(-c2ccccc2)c1.[Ir]. The molecule has 0 bridgehead atoms. The summed E-state index contributed by atoms with van der Waals surface area (Å²) in [6.07, 6.45) is 9.54. The van der Waals surface area contributed by atoms with Crippen LogP contribution in [0.2, 0.25) is 17.3 Å². The second kappa shape index (κ2) is 19.2. The molecule has 1 saturated carbocycles. The van der Waals surface area contributed by atoms with Crippen LogP contribution in [-0.2, 0) is 31.9 Å². The molecule has 10 rings (SSSR count). The molecule has 0 atom stereocenters. The molecule has 1 aliphatic rings. The van der Waals surface area contributed by atoms with Crippen LogP contribution >= 0.6 is 0 Å². The van der Waals surface area contributed by atoms with E-state index in [0.717, 1.165) is 73.4 Å². The average Bonchev–Trinajstić information content (AvgIpc) is 3.87. The predicted molar refractivity (Wildman–Crippen MR) is 275 cm³/mol. The molecule has 0 saturated heterocycles. The summed E-state index contributed by atoms with van der Waals surface area (Å²) >= 11 is -1.90. The molecule has 1 fully saturated rings. The monoisotopic (exact) mass is 1110 g/mol. The van der Waals surface area contributed by atoms with E-state index >= 15 is 0 Å². The Bertz CT molecular complexity index is 3110. The normalized spacial score (nSPS) is 13.7. The van der Waals surface area contributed by atoms with Crippen LogP contribution in [0.25, 0.3) is 72.6 Å². The Morgan fingerprint density at radius 2 is 1.47 bits per heavy atom. The number of furan rings is 1. The largest absolute Gasteiger partial charge is 0.486 e. The standard InChI is InChI=1S/C40H36N3O.C19H26GeN.Ir/c1-40(2,3)28-21-24-35(32(25-28)26-13-6-4-7-14-26)43-36-20-11-10-19-34(36)41-38(43)31-18-12-17-29-30-22-23-33(27-15-8-5-9-16-27)42-39(30)44-37(29)31;1-19(2,3)13-16-12-18(15-10-8-7-9-11-15)21-14-17(16)20(4,5)6;/h4,6-7,10-14,17,19-25,27H,5,8-9,15-16H2,1-3H3;7-10,12,14H,13H2,1-6H3;/q2*-1;. The van der Waals surface area contributed by atoms with Crippen molar-refractivity contribution in [1.82, 2.24) is 19.5 Å². The van der Waals surface area contributed by atoms with Crippen molar-refractivity contribution >= 4 is 50.8 Å². The van der Waals surface area contributed by atoms with E-state index in [9.17, 15) is 0 Å². The van der Waals surface area contributed by atoms with E-state index in [1.54, 1.807) is 0 Å². The Morgan fingerprint density at radius 3 is 2.18 bits per heavy atom. The minimum Gasteiger partial charge on any atom is -0.486 e. The van der Waals surface area contributed by atoms with E-state index in [4.69, 9.17) is 19.4 Å². The summed E-state index contributed by atoms with van der Waals surface area (Å²) in [5.41, 5.74) is 14.1. The zero-order valence-electron chi connectivity index (χ0n) is 40.1. The number of fused-ring (bicyclic) bond motifs is 4. The first-order valence-corrected chi connectivity index (χ1v) is 30.9. The summed E-state index contributed by atoms with van der Waals surface area (Å²) in [5.74, 6) is 8.65. The summed E-state index contributed by atoms with van der Waals surface area (Å²) in [7, 11) is 0. The van der Waals surface area contributed by atoms with Crippen LogP contribution in [0.1, 0.15) is 96.4 Å². The Kier molecular flexibility index (Phi) is 13.8. The Balaban J connectivity index is 0.000000228. The molecule has 0 unspecified atom stereocenters. The molecule has 5 aromatic carbocycles. The van der Waals surface area contributed by atoms with Crippen molar-refractivity contribution in [3.05, 3.63) is 163 Å². The average molecular weight is 1110 g/mol. The van der Waals surface area contributed by atoms with Gasteiger partial charge in [-0.1, -0.05) is 99.5 Å². The third-order valence-corrected chi connectivity index (χ3v) is 17.2.